The quantitative estimate of drug-likeness (QED) is 0.863. The third-order valence-corrected chi connectivity index (χ3v) is 4.15. The number of carbonyl (C=O) groups is 1. The molecule has 1 aliphatic rings. The molecular formula is C19H24N2O4. The van der Waals surface area contributed by atoms with Gasteiger partial charge in [-0.3, -0.25) is 0 Å². The van der Waals surface area contributed by atoms with Crippen LogP contribution in [0.15, 0.2) is 47.1 Å². The molecule has 2 heterocycles. The van der Waals surface area contributed by atoms with E-state index in [0.29, 0.717) is 24.6 Å². The molecule has 1 fully saturated rings. The Morgan fingerprint density at radius 3 is 2.92 bits per heavy atom. The normalized spacial score (nSPS) is 17.1. The fourth-order valence-corrected chi connectivity index (χ4v) is 2.74. The second-order valence-electron chi connectivity index (χ2n) is 6.16. The van der Waals surface area contributed by atoms with Crippen molar-refractivity contribution >= 4 is 11.7 Å². The summed E-state index contributed by atoms with van der Waals surface area (Å²) in [5.41, 5.74) is 0.648. The molecule has 1 aromatic carbocycles. The first-order valence-electron chi connectivity index (χ1n) is 8.60. The van der Waals surface area contributed by atoms with Gasteiger partial charge in [0.1, 0.15) is 18.1 Å². The van der Waals surface area contributed by atoms with E-state index in [1.165, 1.54) is 6.42 Å². The van der Waals surface area contributed by atoms with Crippen molar-refractivity contribution < 1.29 is 18.7 Å². The van der Waals surface area contributed by atoms with Gasteiger partial charge < -0.3 is 24.1 Å². The molecule has 0 radical (unpaired) electrons. The number of ether oxygens (including phenoxy) is 2. The van der Waals surface area contributed by atoms with Crippen molar-refractivity contribution in [2.75, 3.05) is 25.6 Å². The van der Waals surface area contributed by atoms with Crippen LogP contribution in [0.5, 0.6) is 5.75 Å². The fourth-order valence-electron chi connectivity index (χ4n) is 2.74. The lowest BCUT2D eigenvalue weighted by molar-refractivity contribution is -0.0109. The van der Waals surface area contributed by atoms with Crippen LogP contribution in [0.2, 0.25) is 0 Å². The summed E-state index contributed by atoms with van der Waals surface area (Å²) in [6, 6.07) is 10.9. The van der Waals surface area contributed by atoms with Crippen molar-refractivity contribution in [3.05, 3.63) is 48.4 Å². The Morgan fingerprint density at radius 1 is 1.28 bits per heavy atom. The molecular weight excluding hydrogens is 320 g/mol. The Balaban J connectivity index is 1.56. The molecule has 1 aliphatic heterocycles. The van der Waals surface area contributed by atoms with Crippen LogP contribution in [0.25, 0.3) is 0 Å². The molecule has 6 heteroatoms. The Bertz CT molecular complexity index is 666. The van der Waals surface area contributed by atoms with E-state index < -0.39 is 0 Å². The van der Waals surface area contributed by atoms with Gasteiger partial charge in [0.2, 0.25) is 0 Å². The number of hydrogen-bond acceptors (Lipinski definition) is 4. The van der Waals surface area contributed by atoms with Crippen LogP contribution in [-0.2, 0) is 11.3 Å². The van der Waals surface area contributed by atoms with Crippen LogP contribution in [0.3, 0.4) is 0 Å². The molecule has 0 bridgehead atoms. The number of urea groups is 1. The molecule has 2 amide bonds. The van der Waals surface area contributed by atoms with Gasteiger partial charge in [0.25, 0.3) is 0 Å². The lowest BCUT2D eigenvalue weighted by Gasteiger charge is -2.23. The number of rotatable bonds is 6. The first-order valence-corrected chi connectivity index (χ1v) is 8.60. The fraction of sp³-hybridized carbons (Fsp3) is 0.421. The van der Waals surface area contributed by atoms with E-state index in [1.54, 1.807) is 24.3 Å². The topological polar surface area (TPSA) is 63.9 Å². The number of amides is 2. The Hall–Kier alpha value is -2.47. The summed E-state index contributed by atoms with van der Waals surface area (Å²) >= 11 is 0. The van der Waals surface area contributed by atoms with Gasteiger partial charge in [-0.05, 0) is 43.5 Å². The van der Waals surface area contributed by atoms with Crippen molar-refractivity contribution in [3.63, 3.8) is 0 Å². The third kappa shape index (κ3) is 5.00. The summed E-state index contributed by atoms with van der Waals surface area (Å²) in [7, 11) is 1.72. The van der Waals surface area contributed by atoms with Gasteiger partial charge >= 0.3 is 6.03 Å². The van der Waals surface area contributed by atoms with E-state index >= 15 is 0 Å². The van der Waals surface area contributed by atoms with Crippen LogP contribution in [0.4, 0.5) is 10.5 Å². The average molecular weight is 344 g/mol. The van der Waals surface area contributed by atoms with Crippen LogP contribution in [0, 0.1) is 0 Å². The number of anilines is 1. The van der Waals surface area contributed by atoms with Crippen molar-refractivity contribution in [1.82, 2.24) is 4.90 Å². The highest BCUT2D eigenvalue weighted by atomic mass is 16.5. The third-order valence-electron chi connectivity index (χ3n) is 4.15. The van der Waals surface area contributed by atoms with Crippen molar-refractivity contribution in [3.8, 4) is 5.75 Å². The summed E-state index contributed by atoms with van der Waals surface area (Å²) in [6.45, 7) is 1.69. The van der Waals surface area contributed by atoms with E-state index in [9.17, 15) is 4.79 Å². The smallest absolute Gasteiger partial charge is 0.322 e. The molecule has 0 saturated carbocycles. The molecule has 6 nitrogen and oxygen atoms in total. The number of hydrogen-bond donors (Lipinski definition) is 1. The maximum absolute atomic E-state index is 12.4. The van der Waals surface area contributed by atoms with Crippen LogP contribution in [0.1, 0.15) is 25.0 Å². The Morgan fingerprint density at radius 2 is 2.16 bits per heavy atom. The SMILES string of the molecule is CN(Cc1ccco1)C(=O)Nc1ccccc1OC[C@H]1CCCCO1. The minimum Gasteiger partial charge on any atom is -0.489 e. The second-order valence-corrected chi connectivity index (χ2v) is 6.16. The second kappa shape index (κ2) is 8.58. The van der Waals surface area contributed by atoms with E-state index in [4.69, 9.17) is 13.9 Å². The Labute approximate surface area is 147 Å². The lowest BCUT2D eigenvalue weighted by atomic mass is 10.1. The number of nitrogens with one attached hydrogen (secondary N) is 1. The van der Waals surface area contributed by atoms with Gasteiger partial charge in [0, 0.05) is 13.7 Å². The lowest BCUT2D eigenvalue weighted by Crippen LogP contribution is -2.31. The highest BCUT2D eigenvalue weighted by Gasteiger charge is 2.17. The highest BCUT2D eigenvalue weighted by Crippen LogP contribution is 2.25. The van der Waals surface area contributed by atoms with Crippen molar-refractivity contribution in [2.45, 2.75) is 31.9 Å². The highest BCUT2D eigenvalue weighted by molar-refractivity contribution is 5.90. The molecule has 0 unspecified atom stereocenters. The van der Waals surface area contributed by atoms with Crippen LogP contribution < -0.4 is 10.1 Å². The molecule has 3 rings (SSSR count). The minimum absolute atomic E-state index is 0.124. The predicted molar refractivity (Wildman–Crippen MR) is 94.7 cm³/mol. The first-order chi connectivity index (χ1) is 12.2. The summed E-state index contributed by atoms with van der Waals surface area (Å²) in [4.78, 5) is 13.9. The van der Waals surface area contributed by atoms with Gasteiger partial charge in [0.15, 0.2) is 0 Å². The van der Waals surface area contributed by atoms with E-state index in [1.807, 2.05) is 30.3 Å². The summed E-state index contributed by atoms with van der Waals surface area (Å²) in [5, 5.41) is 2.89. The van der Waals surface area contributed by atoms with Crippen LogP contribution in [-0.4, -0.2) is 37.3 Å². The van der Waals surface area contributed by atoms with Gasteiger partial charge in [-0.25, -0.2) is 4.79 Å². The molecule has 1 atom stereocenters. The monoisotopic (exact) mass is 344 g/mol. The maximum Gasteiger partial charge on any atom is 0.322 e. The maximum atomic E-state index is 12.4. The van der Waals surface area contributed by atoms with E-state index in [-0.39, 0.29) is 12.1 Å². The predicted octanol–water partition coefficient (Wildman–Crippen LogP) is 3.89. The number of benzene rings is 1. The van der Waals surface area contributed by atoms with Gasteiger partial charge in [0.05, 0.1) is 24.6 Å². The number of furan rings is 1. The standard InChI is InChI=1S/C19H24N2O4/c1-21(13-15-8-6-12-23-15)19(22)20-17-9-2-3-10-18(17)25-14-16-7-4-5-11-24-16/h2-3,6,8-10,12,16H,4-5,7,11,13-14H2,1H3,(H,20,22)/t16-/m1/s1. The largest absolute Gasteiger partial charge is 0.489 e. The Kier molecular flexibility index (Phi) is 5.95. The molecule has 134 valence electrons. The molecule has 1 aromatic heterocycles. The van der Waals surface area contributed by atoms with Gasteiger partial charge in [-0.15, -0.1) is 0 Å². The summed E-state index contributed by atoms with van der Waals surface area (Å²) in [6.07, 6.45) is 5.02. The molecule has 25 heavy (non-hydrogen) atoms. The van der Waals surface area contributed by atoms with Crippen molar-refractivity contribution in [2.24, 2.45) is 0 Å². The molecule has 1 saturated heterocycles. The van der Waals surface area contributed by atoms with Gasteiger partial charge in [-0.1, -0.05) is 12.1 Å². The average Bonchev–Trinajstić information content (AvgIpc) is 3.15. The molecule has 1 N–H and O–H groups in total. The zero-order chi connectivity index (χ0) is 17.5. The van der Waals surface area contributed by atoms with E-state index in [0.717, 1.165) is 25.2 Å². The zero-order valence-corrected chi connectivity index (χ0v) is 14.4. The molecule has 0 spiro atoms. The molecule has 2 aromatic rings. The number of nitrogens with zero attached hydrogens (tertiary/aromatic N) is 1. The minimum atomic E-state index is -0.221. The van der Waals surface area contributed by atoms with Gasteiger partial charge in [-0.2, -0.15) is 0 Å². The van der Waals surface area contributed by atoms with E-state index in [2.05, 4.69) is 5.32 Å². The summed E-state index contributed by atoms with van der Waals surface area (Å²) in [5.74, 6) is 1.38. The number of para-hydroxylation sites is 2. The van der Waals surface area contributed by atoms with Crippen molar-refractivity contribution in [1.29, 1.82) is 0 Å². The first kappa shape index (κ1) is 17.4. The van der Waals surface area contributed by atoms with Crippen LogP contribution >= 0.6 is 0 Å². The number of carbonyl (C=O) groups excluding carboxylic acids is 1. The summed E-state index contributed by atoms with van der Waals surface area (Å²) < 4.78 is 16.8. The zero-order valence-electron chi connectivity index (χ0n) is 14.4. The molecule has 0 aliphatic carbocycles.